The number of hydrogen-bond acceptors (Lipinski definition) is 3. The van der Waals surface area contributed by atoms with E-state index in [0.717, 1.165) is 0 Å². The third-order valence-corrected chi connectivity index (χ3v) is 2.24. The molecule has 2 atom stereocenters. The number of ether oxygens (including phenoxy) is 1. The van der Waals surface area contributed by atoms with Crippen LogP contribution in [0.3, 0.4) is 0 Å². The van der Waals surface area contributed by atoms with Gasteiger partial charge in [-0.3, -0.25) is 0 Å². The van der Waals surface area contributed by atoms with Crippen LogP contribution in [0.1, 0.15) is 41.5 Å². The second-order valence-electron chi connectivity index (χ2n) is 5.16. The molecule has 0 aliphatic rings. The minimum Gasteiger partial charge on any atom is -0.444 e. The molecule has 0 aromatic rings. The fourth-order valence-electron chi connectivity index (χ4n) is 1.29. The van der Waals surface area contributed by atoms with Crippen molar-refractivity contribution in [2.24, 2.45) is 5.92 Å². The van der Waals surface area contributed by atoms with Gasteiger partial charge in [0.1, 0.15) is 5.60 Å². The average molecular weight is 233 g/mol. The van der Waals surface area contributed by atoms with Crippen LogP contribution in [-0.2, 0) is 4.74 Å². The van der Waals surface area contributed by atoms with Crippen LogP contribution in [0.4, 0.5) is 4.79 Å². The van der Waals surface area contributed by atoms with Gasteiger partial charge in [-0.15, -0.1) is 0 Å². The lowest BCUT2D eigenvalue weighted by atomic mass is 10.0. The van der Waals surface area contributed by atoms with Crippen LogP contribution >= 0.6 is 12.6 Å². The number of amides is 1. The van der Waals surface area contributed by atoms with Crippen LogP contribution in [0.2, 0.25) is 0 Å². The van der Waals surface area contributed by atoms with Gasteiger partial charge in [-0.25, -0.2) is 4.79 Å². The Morgan fingerprint density at radius 1 is 1.27 bits per heavy atom. The number of carbonyl (C=O) groups excluding carboxylic acids is 1. The van der Waals surface area contributed by atoms with Gasteiger partial charge in [0.15, 0.2) is 0 Å². The van der Waals surface area contributed by atoms with Gasteiger partial charge in [-0.2, -0.15) is 12.6 Å². The number of rotatable bonds is 3. The van der Waals surface area contributed by atoms with E-state index in [2.05, 4.69) is 31.8 Å². The molecule has 2 unspecified atom stereocenters. The normalized spacial score (nSPS) is 16.0. The Hall–Kier alpha value is -0.380. The van der Waals surface area contributed by atoms with Gasteiger partial charge >= 0.3 is 6.09 Å². The number of hydrogen-bond donors (Lipinski definition) is 2. The molecule has 0 aliphatic heterocycles. The van der Waals surface area contributed by atoms with Crippen LogP contribution in [0, 0.1) is 5.92 Å². The molecule has 0 bridgehead atoms. The van der Waals surface area contributed by atoms with Crippen molar-refractivity contribution in [2.45, 2.75) is 58.4 Å². The number of alkyl carbamates (subject to hydrolysis) is 1. The maximum absolute atomic E-state index is 11.5. The summed E-state index contributed by atoms with van der Waals surface area (Å²) in [5.74, 6) is 0.338. The minimum atomic E-state index is -0.453. The standard InChI is InChI=1S/C11H23NO2S/c1-7(2)9(8(3)15)12-10(13)14-11(4,5)6/h7-9,15H,1-6H3,(H,12,13). The first kappa shape index (κ1) is 14.6. The zero-order chi connectivity index (χ0) is 12.2. The molecule has 0 aromatic carbocycles. The Kier molecular flexibility index (Phi) is 5.49. The predicted octanol–water partition coefficient (Wildman–Crippen LogP) is 2.85. The molecule has 90 valence electrons. The van der Waals surface area contributed by atoms with Gasteiger partial charge in [0, 0.05) is 11.3 Å². The highest BCUT2D eigenvalue weighted by atomic mass is 32.1. The Bertz CT molecular complexity index is 201. The smallest absolute Gasteiger partial charge is 0.407 e. The fraction of sp³-hybridized carbons (Fsp3) is 0.909. The van der Waals surface area contributed by atoms with Crippen LogP contribution in [0.15, 0.2) is 0 Å². The maximum atomic E-state index is 11.5. The summed E-state index contributed by atoms with van der Waals surface area (Å²) >= 11 is 4.35. The summed E-state index contributed by atoms with van der Waals surface area (Å²) in [5.41, 5.74) is -0.453. The topological polar surface area (TPSA) is 38.3 Å². The molecular formula is C11H23NO2S. The van der Waals surface area contributed by atoms with Crippen LogP contribution in [-0.4, -0.2) is 23.0 Å². The third-order valence-electron chi connectivity index (χ3n) is 1.92. The van der Waals surface area contributed by atoms with Crippen LogP contribution in [0.25, 0.3) is 0 Å². The van der Waals surface area contributed by atoms with Crippen molar-refractivity contribution in [1.82, 2.24) is 5.32 Å². The predicted molar refractivity (Wildman–Crippen MR) is 66.4 cm³/mol. The fourth-order valence-corrected chi connectivity index (χ4v) is 1.71. The van der Waals surface area contributed by atoms with Crippen molar-refractivity contribution >= 4 is 18.7 Å². The molecule has 1 N–H and O–H groups in total. The first-order valence-electron chi connectivity index (χ1n) is 5.31. The van der Waals surface area contributed by atoms with Gasteiger partial charge in [0.25, 0.3) is 0 Å². The monoisotopic (exact) mass is 233 g/mol. The van der Waals surface area contributed by atoms with Crippen molar-refractivity contribution < 1.29 is 9.53 Å². The van der Waals surface area contributed by atoms with E-state index in [1.165, 1.54) is 0 Å². The van der Waals surface area contributed by atoms with Gasteiger partial charge in [-0.1, -0.05) is 20.8 Å². The van der Waals surface area contributed by atoms with E-state index in [0.29, 0.717) is 5.92 Å². The lowest BCUT2D eigenvalue weighted by Crippen LogP contribution is -2.45. The Morgan fingerprint density at radius 3 is 2.00 bits per heavy atom. The largest absolute Gasteiger partial charge is 0.444 e. The summed E-state index contributed by atoms with van der Waals surface area (Å²) in [6, 6.07) is 0.0307. The average Bonchev–Trinajstić information content (AvgIpc) is 1.95. The third kappa shape index (κ3) is 6.66. The molecule has 15 heavy (non-hydrogen) atoms. The van der Waals surface area contributed by atoms with E-state index < -0.39 is 5.60 Å². The van der Waals surface area contributed by atoms with Gasteiger partial charge < -0.3 is 10.1 Å². The Morgan fingerprint density at radius 2 is 1.73 bits per heavy atom. The van der Waals surface area contributed by atoms with E-state index in [-0.39, 0.29) is 17.4 Å². The SMILES string of the molecule is CC(C)C(NC(=O)OC(C)(C)C)C(C)S. The van der Waals surface area contributed by atoms with Gasteiger partial charge in [-0.05, 0) is 26.7 Å². The maximum Gasteiger partial charge on any atom is 0.407 e. The molecule has 0 saturated heterocycles. The number of thiol groups is 1. The van der Waals surface area contributed by atoms with E-state index in [4.69, 9.17) is 4.74 Å². The summed E-state index contributed by atoms with van der Waals surface area (Å²) in [4.78, 5) is 11.5. The van der Waals surface area contributed by atoms with Crippen molar-refractivity contribution in [1.29, 1.82) is 0 Å². The summed E-state index contributed by atoms with van der Waals surface area (Å²) in [6.45, 7) is 11.6. The molecule has 0 fully saturated rings. The lowest BCUT2D eigenvalue weighted by molar-refractivity contribution is 0.0491. The Labute approximate surface area is 98.4 Å². The molecule has 0 rings (SSSR count). The van der Waals surface area contributed by atoms with Gasteiger partial charge in [0.05, 0.1) is 0 Å². The van der Waals surface area contributed by atoms with Gasteiger partial charge in [0.2, 0.25) is 0 Å². The molecule has 0 radical (unpaired) electrons. The van der Waals surface area contributed by atoms with Crippen molar-refractivity contribution in [3.63, 3.8) is 0 Å². The minimum absolute atomic E-state index is 0.0307. The zero-order valence-corrected chi connectivity index (χ0v) is 11.4. The quantitative estimate of drug-likeness (QED) is 0.736. The molecule has 0 heterocycles. The van der Waals surface area contributed by atoms with E-state index in [1.54, 1.807) is 0 Å². The lowest BCUT2D eigenvalue weighted by Gasteiger charge is -2.27. The summed E-state index contributed by atoms with van der Waals surface area (Å²) < 4.78 is 5.18. The highest BCUT2D eigenvalue weighted by molar-refractivity contribution is 7.81. The summed E-state index contributed by atoms with van der Waals surface area (Å²) in [7, 11) is 0. The first-order valence-corrected chi connectivity index (χ1v) is 5.82. The van der Waals surface area contributed by atoms with Crippen molar-refractivity contribution in [3.8, 4) is 0 Å². The second kappa shape index (κ2) is 5.64. The molecule has 0 aromatic heterocycles. The van der Waals surface area contributed by atoms with E-state index in [1.807, 2.05) is 27.7 Å². The molecule has 1 amide bonds. The van der Waals surface area contributed by atoms with Crippen molar-refractivity contribution in [2.75, 3.05) is 0 Å². The Balaban J connectivity index is 4.25. The molecule has 0 spiro atoms. The summed E-state index contributed by atoms with van der Waals surface area (Å²) in [5, 5.41) is 2.94. The highest BCUT2D eigenvalue weighted by Crippen LogP contribution is 2.13. The first-order chi connectivity index (χ1) is 6.63. The molecule has 0 aliphatic carbocycles. The molecule has 3 nitrogen and oxygen atoms in total. The highest BCUT2D eigenvalue weighted by Gasteiger charge is 2.23. The number of nitrogens with one attached hydrogen (secondary N) is 1. The van der Waals surface area contributed by atoms with E-state index in [9.17, 15) is 4.79 Å². The molecular weight excluding hydrogens is 210 g/mol. The van der Waals surface area contributed by atoms with Crippen LogP contribution < -0.4 is 5.32 Å². The summed E-state index contributed by atoms with van der Waals surface area (Å²) in [6.07, 6.45) is -0.373. The van der Waals surface area contributed by atoms with Crippen LogP contribution in [0.5, 0.6) is 0 Å². The molecule has 0 saturated carbocycles. The second-order valence-corrected chi connectivity index (χ2v) is 5.97. The zero-order valence-electron chi connectivity index (χ0n) is 10.5. The van der Waals surface area contributed by atoms with Crippen molar-refractivity contribution in [3.05, 3.63) is 0 Å². The molecule has 4 heteroatoms. The van der Waals surface area contributed by atoms with E-state index >= 15 is 0 Å². The number of carbonyl (C=O) groups is 1.